The van der Waals surface area contributed by atoms with Gasteiger partial charge in [-0.2, -0.15) is 9.65 Å². The van der Waals surface area contributed by atoms with Crippen LogP contribution < -0.4 is 4.74 Å². The Labute approximate surface area is 92.2 Å². The second-order valence-corrected chi connectivity index (χ2v) is 2.79. The van der Waals surface area contributed by atoms with Crippen LogP contribution in [0.5, 0.6) is 5.75 Å². The average molecular weight is 223 g/mol. The summed E-state index contributed by atoms with van der Waals surface area (Å²) in [7, 11) is 0. The highest BCUT2D eigenvalue weighted by Gasteiger charge is 2.21. The molecule has 1 aromatic carbocycles. The van der Waals surface area contributed by atoms with Crippen molar-refractivity contribution in [3.63, 3.8) is 0 Å². The first-order valence-electron chi connectivity index (χ1n) is 4.65. The Morgan fingerprint density at radius 3 is 2.88 bits per heavy atom. The lowest BCUT2D eigenvalue weighted by atomic mass is 10.2. The standard InChI is InChI=1S/C11H10FNO3/c1-2-15-11(14)10(12)16-9-6-4-3-5-8(9)7-13/h3-6,10H,2H2,1H3. The molecule has 0 aromatic heterocycles. The number of halogens is 1. The number of hydrogen-bond donors (Lipinski definition) is 0. The third-order valence-electron chi connectivity index (χ3n) is 1.71. The Morgan fingerprint density at radius 1 is 1.56 bits per heavy atom. The van der Waals surface area contributed by atoms with E-state index in [2.05, 4.69) is 9.47 Å². The summed E-state index contributed by atoms with van der Waals surface area (Å²) < 4.78 is 22.3. The summed E-state index contributed by atoms with van der Waals surface area (Å²) in [6.45, 7) is 1.64. The number of para-hydroxylation sites is 1. The predicted octanol–water partition coefficient (Wildman–Crippen LogP) is 1.80. The van der Waals surface area contributed by atoms with Crippen molar-refractivity contribution in [3.8, 4) is 11.8 Å². The molecular weight excluding hydrogens is 213 g/mol. The number of rotatable bonds is 4. The van der Waals surface area contributed by atoms with Crippen LogP contribution in [0, 0.1) is 11.3 Å². The molecule has 0 saturated carbocycles. The van der Waals surface area contributed by atoms with Gasteiger partial charge in [-0.3, -0.25) is 0 Å². The van der Waals surface area contributed by atoms with E-state index in [0.29, 0.717) is 0 Å². The van der Waals surface area contributed by atoms with Crippen molar-refractivity contribution in [2.75, 3.05) is 6.61 Å². The van der Waals surface area contributed by atoms with Crippen LogP contribution in [0.25, 0.3) is 0 Å². The molecule has 0 radical (unpaired) electrons. The SMILES string of the molecule is CCOC(=O)C(F)Oc1ccccc1C#N. The van der Waals surface area contributed by atoms with Crippen molar-refractivity contribution in [2.45, 2.75) is 13.3 Å². The van der Waals surface area contributed by atoms with E-state index < -0.39 is 12.3 Å². The van der Waals surface area contributed by atoms with E-state index in [1.165, 1.54) is 12.1 Å². The highest BCUT2D eigenvalue weighted by atomic mass is 19.1. The van der Waals surface area contributed by atoms with Crippen LogP contribution >= 0.6 is 0 Å². The normalized spacial score (nSPS) is 11.3. The molecule has 1 aromatic rings. The molecule has 0 fully saturated rings. The van der Waals surface area contributed by atoms with E-state index in [9.17, 15) is 9.18 Å². The number of nitriles is 1. The minimum absolute atomic E-state index is 0.0190. The molecule has 1 rings (SSSR count). The number of nitrogens with zero attached hydrogens (tertiary/aromatic N) is 1. The van der Waals surface area contributed by atoms with Crippen molar-refractivity contribution in [1.29, 1.82) is 5.26 Å². The van der Waals surface area contributed by atoms with Crippen molar-refractivity contribution in [2.24, 2.45) is 0 Å². The van der Waals surface area contributed by atoms with Gasteiger partial charge in [0.15, 0.2) is 0 Å². The fraction of sp³-hybridized carbons (Fsp3) is 0.273. The first-order chi connectivity index (χ1) is 7.69. The van der Waals surface area contributed by atoms with Crippen LogP contribution in [0.4, 0.5) is 4.39 Å². The summed E-state index contributed by atoms with van der Waals surface area (Å²) >= 11 is 0. The smallest absolute Gasteiger partial charge is 0.381 e. The van der Waals surface area contributed by atoms with Gasteiger partial charge < -0.3 is 9.47 Å². The maximum Gasteiger partial charge on any atom is 0.381 e. The quantitative estimate of drug-likeness (QED) is 0.730. The average Bonchev–Trinajstić information content (AvgIpc) is 2.30. The molecule has 0 bridgehead atoms. The van der Waals surface area contributed by atoms with Crippen LogP contribution in [0.15, 0.2) is 24.3 Å². The maximum atomic E-state index is 13.2. The van der Waals surface area contributed by atoms with Crippen molar-refractivity contribution < 1.29 is 18.7 Å². The summed E-state index contributed by atoms with van der Waals surface area (Å²) in [5.74, 6) is -1.08. The highest BCUT2D eigenvalue weighted by Crippen LogP contribution is 2.18. The monoisotopic (exact) mass is 223 g/mol. The van der Waals surface area contributed by atoms with Gasteiger partial charge in [-0.1, -0.05) is 12.1 Å². The topological polar surface area (TPSA) is 59.3 Å². The first-order valence-corrected chi connectivity index (χ1v) is 4.65. The zero-order valence-electron chi connectivity index (χ0n) is 8.64. The van der Waals surface area contributed by atoms with E-state index in [-0.39, 0.29) is 17.9 Å². The largest absolute Gasteiger partial charge is 0.461 e. The Kier molecular flexibility index (Phi) is 4.28. The number of benzene rings is 1. The minimum atomic E-state index is -2.21. The van der Waals surface area contributed by atoms with E-state index in [4.69, 9.17) is 5.26 Å². The highest BCUT2D eigenvalue weighted by molar-refractivity contribution is 5.73. The molecule has 84 valence electrons. The molecule has 16 heavy (non-hydrogen) atoms. The molecule has 0 amide bonds. The Hall–Kier alpha value is -2.09. The van der Waals surface area contributed by atoms with Gasteiger partial charge in [0.25, 0.3) is 0 Å². The van der Waals surface area contributed by atoms with Crippen LogP contribution in [0.3, 0.4) is 0 Å². The molecule has 1 unspecified atom stereocenters. The van der Waals surface area contributed by atoms with Gasteiger partial charge >= 0.3 is 12.3 Å². The molecule has 0 spiro atoms. The summed E-state index contributed by atoms with van der Waals surface area (Å²) in [5, 5.41) is 8.70. The number of alkyl halides is 1. The molecule has 0 N–H and O–H groups in total. The molecule has 0 saturated heterocycles. The lowest BCUT2D eigenvalue weighted by Crippen LogP contribution is -2.25. The van der Waals surface area contributed by atoms with E-state index in [1.807, 2.05) is 6.07 Å². The fourth-order valence-electron chi connectivity index (χ4n) is 1.03. The molecule has 1 atom stereocenters. The molecule has 0 aliphatic carbocycles. The summed E-state index contributed by atoms with van der Waals surface area (Å²) in [5.41, 5.74) is 0.162. The molecule has 5 heteroatoms. The third-order valence-corrected chi connectivity index (χ3v) is 1.71. The molecule has 0 aliphatic heterocycles. The van der Waals surface area contributed by atoms with Crippen molar-refractivity contribution in [3.05, 3.63) is 29.8 Å². The van der Waals surface area contributed by atoms with Gasteiger partial charge in [0.05, 0.1) is 12.2 Å². The van der Waals surface area contributed by atoms with Gasteiger partial charge in [0, 0.05) is 0 Å². The summed E-state index contributed by atoms with van der Waals surface area (Å²) in [4.78, 5) is 10.9. The lowest BCUT2D eigenvalue weighted by Gasteiger charge is -2.10. The van der Waals surface area contributed by atoms with Crippen LogP contribution in [0.1, 0.15) is 12.5 Å². The number of ether oxygens (including phenoxy) is 2. The Balaban J connectivity index is 2.73. The van der Waals surface area contributed by atoms with Gasteiger partial charge in [-0.05, 0) is 19.1 Å². The molecule has 0 aliphatic rings. The van der Waals surface area contributed by atoms with Crippen LogP contribution in [0.2, 0.25) is 0 Å². The molecule has 4 nitrogen and oxygen atoms in total. The minimum Gasteiger partial charge on any atom is -0.461 e. The first kappa shape index (κ1) is 12.0. The van der Waals surface area contributed by atoms with Gasteiger partial charge in [-0.15, -0.1) is 0 Å². The number of hydrogen-bond acceptors (Lipinski definition) is 4. The Morgan fingerprint density at radius 2 is 2.25 bits per heavy atom. The second-order valence-electron chi connectivity index (χ2n) is 2.79. The van der Waals surface area contributed by atoms with Gasteiger partial charge in [0.1, 0.15) is 11.8 Å². The molecule has 0 heterocycles. The van der Waals surface area contributed by atoms with E-state index >= 15 is 0 Å². The van der Waals surface area contributed by atoms with Gasteiger partial charge in [0.2, 0.25) is 0 Å². The second kappa shape index (κ2) is 5.71. The predicted molar refractivity (Wildman–Crippen MR) is 53.3 cm³/mol. The zero-order chi connectivity index (χ0) is 12.0. The van der Waals surface area contributed by atoms with Crippen LogP contribution in [-0.2, 0) is 9.53 Å². The maximum absolute atomic E-state index is 13.2. The molecular formula is C11H10FNO3. The number of esters is 1. The van der Waals surface area contributed by atoms with Crippen molar-refractivity contribution in [1.82, 2.24) is 0 Å². The lowest BCUT2D eigenvalue weighted by molar-refractivity contribution is -0.159. The fourth-order valence-corrected chi connectivity index (χ4v) is 1.03. The van der Waals surface area contributed by atoms with Crippen molar-refractivity contribution >= 4 is 5.97 Å². The summed E-state index contributed by atoms with van der Waals surface area (Å²) in [6, 6.07) is 7.89. The third kappa shape index (κ3) is 2.95. The van der Waals surface area contributed by atoms with Crippen LogP contribution in [-0.4, -0.2) is 18.9 Å². The number of carbonyl (C=O) groups excluding carboxylic acids is 1. The van der Waals surface area contributed by atoms with Gasteiger partial charge in [-0.25, -0.2) is 4.79 Å². The number of carbonyl (C=O) groups is 1. The van der Waals surface area contributed by atoms with E-state index in [1.54, 1.807) is 19.1 Å². The van der Waals surface area contributed by atoms with E-state index in [0.717, 1.165) is 0 Å². The summed E-state index contributed by atoms with van der Waals surface area (Å²) in [6.07, 6.45) is -2.21. The Bertz CT molecular complexity index is 414. The zero-order valence-corrected chi connectivity index (χ0v) is 8.64.